The quantitative estimate of drug-likeness (QED) is 0.293. The Kier molecular flexibility index (Phi) is 4.93. The van der Waals surface area contributed by atoms with Crippen LogP contribution < -0.4 is 11.4 Å². The third kappa shape index (κ3) is 3.34. The van der Waals surface area contributed by atoms with Crippen molar-refractivity contribution in [2.75, 3.05) is 0 Å². The molecule has 0 radical (unpaired) electrons. The Morgan fingerprint density at radius 3 is 2.60 bits per heavy atom. The summed E-state index contributed by atoms with van der Waals surface area (Å²) in [6, 6.07) is 22.5. The number of nitrogens with two attached hydrogens (primary N) is 1. The lowest BCUT2D eigenvalue weighted by Gasteiger charge is -2.18. The van der Waals surface area contributed by atoms with E-state index >= 15 is 0 Å². The molecule has 0 fully saturated rings. The minimum atomic E-state index is -0.289. The molecule has 3 aromatic carbocycles. The minimum Gasteiger partial charge on any atom is -0.315 e. The van der Waals surface area contributed by atoms with Crippen molar-refractivity contribution in [2.24, 2.45) is 5.73 Å². The van der Waals surface area contributed by atoms with Crippen LogP contribution >= 0.6 is 11.8 Å². The van der Waals surface area contributed by atoms with E-state index in [0.29, 0.717) is 0 Å². The number of fused-ring (bicyclic) bond motifs is 2. The van der Waals surface area contributed by atoms with Gasteiger partial charge in [0.15, 0.2) is 0 Å². The summed E-state index contributed by atoms with van der Waals surface area (Å²) in [7, 11) is 0. The van der Waals surface area contributed by atoms with Crippen molar-refractivity contribution in [3.63, 3.8) is 0 Å². The average Bonchev–Trinajstić information content (AvgIpc) is 3.24. The van der Waals surface area contributed by atoms with Crippen molar-refractivity contribution in [1.82, 2.24) is 9.55 Å². The van der Waals surface area contributed by atoms with Crippen LogP contribution in [-0.4, -0.2) is 9.55 Å². The van der Waals surface area contributed by atoms with Gasteiger partial charge in [-0.25, -0.2) is 4.79 Å². The van der Waals surface area contributed by atoms with E-state index in [2.05, 4.69) is 29.2 Å². The molecule has 0 spiro atoms. The molecular formula is C25H23N3OS. The fraction of sp³-hybridized carbons (Fsp3) is 0.200. The summed E-state index contributed by atoms with van der Waals surface area (Å²) in [5.74, 6) is 0. The molecule has 0 amide bonds. The molecule has 2 N–H and O–H groups in total. The molecule has 0 saturated carbocycles. The molecule has 0 bridgehead atoms. The van der Waals surface area contributed by atoms with Crippen LogP contribution in [0.4, 0.5) is 0 Å². The van der Waals surface area contributed by atoms with E-state index in [-0.39, 0.29) is 11.1 Å². The summed E-state index contributed by atoms with van der Waals surface area (Å²) in [5.41, 5.74) is 11.7. The Balaban J connectivity index is 1.56. The molecular weight excluding hydrogens is 390 g/mol. The molecule has 4 aromatic rings. The van der Waals surface area contributed by atoms with Gasteiger partial charge in [-0.2, -0.15) is 4.98 Å². The summed E-state index contributed by atoms with van der Waals surface area (Å²) < 4.78 is 1.77. The van der Waals surface area contributed by atoms with Crippen LogP contribution in [-0.2, 0) is 12.8 Å². The number of aryl methyl sites for hydroxylation is 1. The third-order valence-electron chi connectivity index (χ3n) is 5.77. The summed E-state index contributed by atoms with van der Waals surface area (Å²) >= 11 is 1.49. The number of hydrogen-bond acceptors (Lipinski definition) is 4. The Hall–Kier alpha value is -2.89. The van der Waals surface area contributed by atoms with E-state index < -0.39 is 0 Å². The van der Waals surface area contributed by atoms with Crippen molar-refractivity contribution in [1.29, 1.82) is 0 Å². The molecule has 5 rings (SSSR count). The van der Waals surface area contributed by atoms with E-state index in [1.54, 1.807) is 4.57 Å². The number of nitrogens with zero attached hydrogens (tertiary/aromatic N) is 2. The largest absolute Gasteiger partial charge is 0.353 e. The van der Waals surface area contributed by atoms with E-state index in [1.165, 1.54) is 22.7 Å². The van der Waals surface area contributed by atoms with Gasteiger partial charge in [-0.3, -0.25) is 4.57 Å². The topological polar surface area (TPSA) is 60.9 Å². The Morgan fingerprint density at radius 2 is 1.77 bits per heavy atom. The highest BCUT2D eigenvalue weighted by atomic mass is 32.2. The number of hydrogen-bond donors (Lipinski definition) is 1. The predicted molar refractivity (Wildman–Crippen MR) is 123 cm³/mol. The zero-order chi connectivity index (χ0) is 20.7. The summed E-state index contributed by atoms with van der Waals surface area (Å²) in [4.78, 5) is 17.5. The number of benzene rings is 3. The van der Waals surface area contributed by atoms with Gasteiger partial charge in [0.25, 0.3) is 0 Å². The first kappa shape index (κ1) is 19.1. The first-order valence-corrected chi connectivity index (χ1v) is 11.1. The van der Waals surface area contributed by atoms with Gasteiger partial charge in [0.05, 0.1) is 11.1 Å². The fourth-order valence-electron chi connectivity index (χ4n) is 4.26. The number of aromatic nitrogens is 2. The zero-order valence-electron chi connectivity index (χ0n) is 16.8. The SMILES string of the molecule is Cc1ccc(-n2c3c(c(SC(N)c4cccc5ccccc45)nc2=O)CCC3)cc1. The van der Waals surface area contributed by atoms with E-state index in [1.807, 2.05) is 49.4 Å². The fourth-order valence-corrected chi connectivity index (χ4v) is 5.33. The molecule has 30 heavy (non-hydrogen) atoms. The maximum atomic E-state index is 13.0. The lowest BCUT2D eigenvalue weighted by Crippen LogP contribution is -2.26. The van der Waals surface area contributed by atoms with Crippen molar-refractivity contribution in [3.8, 4) is 5.69 Å². The van der Waals surface area contributed by atoms with Gasteiger partial charge in [0.2, 0.25) is 0 Å². The third-order valence-corrected chi connectivity index (χ3v) is 6.83. The first-order valence-electron chi connectivity index (χ1n) is 10.2. The Morgan fingerprint density at radius 1 is 1.00 bits per heavy atom. The smallest absolute Gasteiger partial charge is 0.315 e. The van der Waals surface area contributed by atoms with Gasteiger partial charge in [-0.05, 0) is 54.7 Å². The second-order valence-electron chi connectivity index (χ2n) is 7.76. The molecule has 1 aromatic heterocycles. The minimum absolute atomic E-state index is 0.230. The van der Waals surface area contributed by atoms with E-state index in [9.17, 15) is 4.79 Å². The predicted octanol–water partition coefficient (Wildman–Crippen LogP) is 4.93. The number of rotatable bonds is 4. The second kappa shape index (κ2) is 7.74. The second-order valence-corrected chi connectivity index (χ2v) is 8.89. The van der Waals surface area contributed by atoms with Crippen molar-refractivity contribution in [3.05, 3.63) is 99.6 Å². The van der Waals surface area contributed by atoms with Gasteiger partial charge in [0.1, 0.15) is 5.03 Å². The molecule has 1 atom stereocenters. The van der Waals surface area contributed by atoms with Crippen molar-refractivity contribution in [2.45, 2.75) is 36.6 Å². The van der Waals surface area contributed by atoms with E-state index in [4.69, 9.17) is 5.73 Å². The molecule has 150 valence electrons. The molecule has 4 nitrogen and oxygen atoms in total. The van der Waals surface area contributed by atoms with Crippen LogP contribution in [0.3, 0.4) is 0 Å². The standard InChI is InChI=1S/C25H23N3OS/c1-16-12-14-18(15-13-16)28-22-11-5-10-21(22)24(27-25(28)29)30-23(26)20-9-4-7-17-6-2-3-8-19(17)20/h2-4,6-9,12-15,23H,5,10-11,26H2,1H3. The van der Waals surface area contributed by atoms with Crippen molar-refractivity contribution >= 4 is 22.5 Å². The molecule has 1 unspecified atom stereocenters. The van der Waals surface area contributed by atoms with Gasteiger partial charge < -0.3 is 5.73 Å². The molecule has 1 aliphatic rings. The van der Waals surface area contributed by atoms with Crippen LogP contribution in [0.1, 0.15) is 34.2 Å². The van der Waals surface area contributed by atoms with Crippen LogP contribution in [0, 0.1) is 6.92 Å². The Bertz CT molecular complexity index is 1290. The first-order chi connectivity index (χ1) is 14.6. The maximum absolute atomic E-state index is 13.0. The van der Waals surface area contributed by atoms with Crippen LogP contribution in [0.25, 0.3) is 16.5 Å². The highest BCUT2D eigenvalue weighted by Crippen LogP contribution is 2.38. The highest BCUT2D eigenvalue weighted by Gasteiger charge is 2.24. The van der Waals surface area contributed by atoms with E-state index in [0.717, 1.165) is 52.2 Å². The summed E-state index contributed by atoms with van der Waals surface area (Å²) in [6.07, 6.45) is 2.85. The van der Waals surface area contributed by atoms with Crippen LogP contribution in [0.5, 0.6) is 0 Å². The monoisotopic (exact) mass is 413 g/mol. The Labute approximate surface area is 179 Å². The number of thioether (sulfide) groups is 1. The summed E-state index contributed by atoms with van der Waals surface area (Å²) in [6.45, 7) is 2.05. The molecule has 0 aliphatic heterocycles. The van der Waals surface area contributed by atoms with Crippen LogP contribution in [0.15, 0.2) is 76.6 Å². The maximum Gasteiger partial charge on any atom is 0.353 e. The van der Waals surface area contributed by atoms with Gasteiger partial charge in [0, 0.05) is 11.3 Å². The molecule has 5 heteroatoms. The molecule has 1 heterocycles. The zero-order valence-corrected chi connectivity index (χ0v) is 17.7. The van der Waals surface area contributed by atoms with Crippen molar-refractivity contribution < 1.29 is 0 Å². The lowest BCUT2D eigenvalue weighted by atomic mass is 10.0. The summed E-state index contributed by atoms with van der Waals surface area (Å²) in [5, 5.41) is 2.79. The van der Waals surface area contributed by atoms with Gasteiger partial charge in [-0.1, -0.05) is 71.9 Å². The lowest BCUT2D eigenvalue weighted by molar-refractivity contribution is 0.801. The van der Waals surface area contributed by atoms with Gasteiger partial charge in [-0.15, -0.1) is 0 Å². The average molecular weight is 414 g/mol. The molecule has 0 saturated heterocycles. The normalized spacial score (nSPS) is 14.1. The molecule has 1 aliphatic carbocycles. The van der Waals surface area contributed by atoms with Crippen LogP contribution in [0.2, 0.25) is 0 Å². The highest BCUT2D eigenvalue weighted by molar-refractivity contribution is 7.99. The van der Waals surface area contributed by atoms with Gasteiger partial charge >= 0.3 is 5.69 Å².